The number of amides is 1. The molecular formula is C19H19F4N3O3S. The predicted molar refractivity (Wildman–Crippen MR) is 103 cm³/mol. The van der Waals surface area contributed by atoms with Gasteiger partial charge in [0.1, 0.15) is 28.3 Å². The largest absolute Gasteiger partial charge is 0.488 e. The van der Waals surface area contributed by atoms with Gasteiger partial charge < -0.3 is 14.6 Å². The molecule has 6 nitrogen and oxygen atoms in total. The number of aryl methyl sites for hydroxylation is 1. The van der Waals surface area contributed by atoms with E-state index in [4.69, 9.17) is 4.74 Å². The molecule has 0 bridgehead atoms. The number of alkyl halides is 3. The Morgan fingerprint density at radius 2 is 2.17 bits per heavy atom. The van der Waals surface area contributed by atoms with Crippen molar-refractivity contribution in [2.75, 3.05) is 11.9 Å². The summed E-state index contributed by atoms with van der Waals surface area (Å²) in [5, 5.41) is 2.31. The Bertz CT molecular complexity index is 1020. The lowest BCUT2D eigenvalue weighted by Crippen LogP contribution is -2.38. The molecule has 11 heteroatoms. The van der Waals surface area contributed by atoms with Crippen LogP contribution in [0.1, 0.15) is 23.0 Å². The van der Waals surface area contributed by atoms with Gasteiger partial charge in [0.25, 0.3) is 5.91 Å². The van der Waals surface area contributed by atoms with Crippen LogP contribution in [0.5, 0.6) is 5.75 Å². The number of halogens is 4. The summed E-state index contributed by atoms with van der Waals surface area (Å²) in [5.41, 5.74) is -1.76. The fourth-order valence-electron chi connectivity index (χ4n) is 2.95. The van der Waals surface area contributed by atoms with Crippen molar-refractivity contribution >= 4 is 22.6 Å². The number of ether oxygens (including phenoxy) is 1. The van der Waals surface area contributed by atoms with E-state index in [2.05, 4.69) is 16.6 Å². The quantitative estimate of drug-likeness (QED) is 0.558. The highest BCUT2D eigenvalue weighted by atomic mass is 32.2. The fraction of sp³-hybridized carbons (Fsp3) is 0.316. The molecule has 0 aliphatic carbocycles. The topological polar surface area (TPSA) is 72.4 Å². The molecule has 2 heterocycles. The summed E-state index contributed by atoms with van der Waals surface area (Å²) >= 11 is 0. The summed E-state index contributed by atoms with van der Waals surface area (Å²) < 4.78 is 74.9. The summed E-state index contributed by atoms with van der Waals surface area (Å²) in [6.45, 7) is 5.66. The van der Waals surface area contributed by atoms with Crippen molar-refractivity contribution in [3.05, 3.63) is 54.1 Å². The number of carbonyl (C=O) groups excluding carboxylic acids is 1. The molecule has 0 fully saturated rings. The van der Waals surface area contributed by atoms with E-state index < -0.39 is 34.4 Å². The number of hydrogen-bond acceptors (Lipinski definition) is 3. The number of nitrogens with one attached hydrogen (secondary N) is 2. The zero-order valence-corrected chi connectivity index (χ0v) is 16.9. The summed E-state index contributed by atoms with van der Waals surface area (Å²) in [7, 11) is -0.164. The van der Waals surface area contributed by atoms with E-state index in [1.165, 1.54) is 17.8 Å². The average Bonchev–Trinajstić information content (AvgIpc) is 2.92. The van der Waals surface area contributed by atoms with Crippen LogP contribution in [0.4, 0.5) is 23.2 Å². The Morgan fingerprint density at radius 3 is 2.80 bits per heavy atom. The van der Waals surface area contributed by atoms with Gasteiger partial charge in [0.05, 0.1) is 11.6 Å². The molecule has 3 unspecified atom stereocenters. The lowest BCUT2D eigenvalue weighted by molar-refractivity contribution is -0.139. The molecule has 1 aromatic heterocycles. The lowest BCUT2D eigenvalue weighted by atomic mass is 10.0. The van der Waals surface area contributed by atoms with Gasteiger partial charge in [-0.15, -0.1) is 6.58 Å². The van der Waals surface area contributed by atoms with Crippen molar-refractivity contribution in [3.8, 4) is 5.75 Å². The maximum atomic E-state index is 13.5. The maximum absolute atomic E-state index is 13.5. The Labute approximate surface area is 172 Å². The van der Waals surface area contributed by atoms with Crippen LogP contribution in [0, 0.1) is 11.7 Å². The molecule has 162 valence electrons. The van der Waals surface area contributed by atoms with Gasteiger partial charge in [-0.05, 0) is 24.1 Å². The molecular weight excluding hydrogens is 426 g/mol. The molecule has 1 aromatic carbocycles. The van der Waals surface area contributed by atoms with Crippen molar-refractivity contribution < 1.29 is 31.3 Å². The minimum Gasteiger partial charge on any atom is -0.488 e. The Kier molecular flexibility index (Phi) is 6.04. The molecule has 1 aliphatic rings. The van der Waals surface area contributed by atoms with E-state index in [9.17, 15) is 26.6 Å². The SMILES string of the molecule is C=CC(C)C1COc2c(cn(C)c2C(=O)Nc2ccc(F)c(C(F)(F)F)c2)S(=O)N1. The molecule has 0 saturated carbocycles. The van der Waals surface area contributed by atoms with Crippen LogP contribution >= 0.6 is 0 Å². The first-order valence-electron chi connectivity index (χ1n) is 8.83. The highest BCUT2D eigenvalue weighted by Crippen LogP contribution is 2.34. The highest BCUT2D eigenvalue weighted by molar-refractivity contribution is 7.83. The van der Waals surface area contributed by atoms with Gasteiger partial charge in [0, 0.05) is 18.9 Å². The zero-order chi connectivity index (χ0) is 22.2. The third-order valence-electron chi connectivity index (χ3n) is 4.72. The van der Waals surface area contributed by atoms with Crippen LogP contribution < -0.4 is 14.8 Å². The second-order valence-corrected chi connectivity index (χ2v) is 8.04. The summed E-state index contributed by atoms with van der Waals surface area (Å²) in [6.07, 6.45) is -1.79. The zero-order valence-electron chi connectivity index (χ0n) is 16.0. The smallest absolute Gasteiger partial charge is 0.419 e. The van der Waals surface area contributed by atoms with E-state index in [1.54, 1.807) is 6.08 Å². The maximum Gasteiger partial charge on any atom is 0.419 e. The van der Waals surface area contributed by atoms with Crippen molar-refractivity contribution in [1.29, 1.82) is 0 Å². The Hall–Kier alpha value is -2.66. The van der Waals surface area contributed by atoms with E-state index in [-0.39, 0.29) is 40.6 Å². The van der Waals surface area contributed by atoms with Gasteiger partial charge in [-0.3, -0.25) is 4.79 Å². The van der Waals surface area contributed by atoms with Crippen molar-refractivity contribution in [2.45, 2.75) is 24.0 Å². The molecule has 1 aliphatic heterocycles. The number of nitrogens with zero attached hydrogens (tertiary/aromatic N) is 1. The van der Waals surface area contributed by atoms with Gasteiger partial charge in [0.15, 0.2) is 11.4 Å². The lowest BCUT2D eigenvalue weighted by Gasteiger charge is -2.19. The van der Waals surface area contributed by atoms with Crippen LogP contribution in [0.15, 0.2) is 41.9 Å². The second kappa shape index (κ2) is 8.23. The minimum atomic E-state index is -4.91. The van der Waals surface area contributed by atoms with Crippen LogP contribution in [-0.2, 0) is 24.2 Å². The highest BCUT2D eigenvalue weighted by Gasteiger charge is 2.35. The number of carbonyl (C=O) groups is 1. The predicted octanol–water partition coefficient (Wildman–Crippen LogP) is 3.63. The number of rotatable bonds is 4. The summed E-state index contributed by atoms with van der Waals surface area (Å²) in [5.74, 6) is -2.23. The molecule has 30 heavy (non-hydrogen) atoms. The van der Waals surface area contributed by atoms with Crippen LogP contribution in [0.3, 0.4) is 0 Å². The molecule has 3 rings (SSSR count). The number of hydrogen-bond donors (Lipinski definition) is 2. The van der Waals surface area contributed by atoms with Gasteiger partial charge >= 0.3 is 6.18 Å². The Morgan fingerprint density at radius 1 is 1.47 bits per heavy atom. The van der Waals surface area contributed by atoms with Gasteiger partial charge in [-0.25, -0.2) is 13.3 Å². The average molecular weight is 445 g/mol. The first kappa shape index (κ1) is 22.0. The minimum absolute atomic E-state index is 0.0232. The standard InChI is InChI=1S/C19H19F4N3O3S/c1-4-10(2)14-9-29-17-15(30(28)25-14)8-26(3)16(17)18(27)24-11-5-6-13(20)12(7-11)19(21,22)23/h4-8,10,14,25H,1,9H2,2-3H3,(H,24,27). The van der Waals surface area contributed by atoms with Crippen molar-refractivity contribution in [2.24, 2.45) is 13.0 Å². The first-order valence-corrected chi connectivity index (χ1v) is 9.98. The molecule has 2 aromatic rings. The molecule has 0 radical (unpaired) electrons. The number of fused-ring (bicyclic) bond motifs is 1. The van der Waals surface area contributed by atoms with Crippen molar-refractivity contribution in [1.82, 2.24) is 9.29 Å². The van der Waals surface area contributed by atoms with Gasteiger partial charge in [-0.1, -0.05) is 13.0 Å². The summed E-state index contributed by atoms with van der Waals surface area (Å²) in [4.78, 5) is 13.0. The van der Waals surface area contributed by atoms with Crippen LogP contribution in [-0.4, -0.2) is 27.3 Å². The van der Waals surface area contributed by atoms with Crippen molar-refractivity contribution in [3.63, 3.8) is 0 Å². The number of aromatic nitrogens is 1. The molecule has 0 saturated heterocycles. The van der Waals surface area contributed by atoms with Crippen LogP contribution in [0.2, 0.25) is 0 Å². The van der Waals surface area contributed by atoms with Crippen LogP contribution in [0.25, 0.3) is 0 Å². The molecule has 2 N–H and O–H groups in total. The summed E-state index contributed by atoms with van der Waals surface area (Å²) in [6, 6.07) is 1.84. The van der Waals surface area contributed by atoms with E-state index in [0.29, 0.717) is 12.1 Å². The first-order chi connectivity index (χ1) is 14.0. The molecule has 1 amide bonds. The third kappa shape index (κ3) is 4.26. The van der Waals surface area contributed by atoms with Gasteiger partial charge in [-0.2, -0.15) is 13.2 Å². The third-order valence-corrected chi connectivity index (χ3v) is 5.93. The van der Waals surface area contributed by atoms with E-state index in [1.807, 2.05) is 6.92 Å². The number of anilines is 1. The van der Waals surface area contributed by atoms with E-state index in [0.717, 1.165) is 6.07 Å². The number of benzene rings is 1. The fourth-order valence-corrected chi connectivity index (χ4v) is 4.22. The monoisotopic (exact) mass is 445 g/mol. The normalized spacial score (nSPS) is 19.9. The van der Waals surface area contributed by atoms with Gasteiger partial charge in [0.2, 0.25) is 0 Å². The Balaban J connectivity index is 1.91. The van der Waals surface area contributed by atoms with E-state index >= 15 is 0 Å². The molecule has 0 spiro atoms. The second-order valence-electron chi connectivity index (χ2n) is 6.83. The molecule has 3 atom stereocenters.